The van der Waals surface area contributed by atoms with E-state index in [1.165, 1.54) is 0 Å². The smallest absolute Gasteiger partial charge is 0.255 e. The number of nitrogens with one attached hydrogen (secondary N) is 2. The molecule has 0 saturated carbocycles. The quantitative estimate of drug-likeness (QED) is 0.0549. The van der Waals surface area contributed by atoms with Crippen molar-refractivity contribution in [2.24, 2.45) is 0 Å². The maximum Gasteiger partial charge on any atom is 0.255 e. The molecule has 0 fully saturated rings. The first-order valence-electron chi connectivity index (χ1n) is 22.1. The average molecular weight is 839 g/mol. The third kappa shape index (κ3) is 12.2. The highest BCUT2D eigenvalue weighted by atomic mass is 16.3. The number of amides is 3. The van der Waals surface area contributed by atoms with E-state index in [1.54, 1.807) is 48.5 Å². The maximum atomic E-state index is 13.9. The topological polar surface area (TPSA) is 164 Å². The minimum atomic E-state index is -0.693. The van der Waals surface area contributed by atoms with Gasteiger partial charge in [0.15, 0.2) is 5.78 Å². The van der Waals surface area contributed by atoms with Gasteiger partial charge in [-0.15, -0.1) is 5.10 Å². The summed E-state index contributed by atoms with van der Waals surface area (Å²) in [4.78, 5) is 67.6. The molecule has 0 bridgehead atoms. The lowest BCUT2D eigenvalue weighted by molar-refractivity contribution is -0.121. The molecule has 324 valence electrons. The Morgan fingerprint density at radius 3 is 2.11 bits per heavy atom. The van der Waals surface area contributed by atoms with E-state index in [0.29, 0.717) is 94.1 Å². The fraction of sp³-hybridized carbons (Fsp3) is 0.380. The molecule has 5 aromatic rings. The number of aromatic nitrogens is 3. The number of ketones is 2. The van der Waals surface area contributed by atoms with Crippen LogP contribution in [0.1, 0.15) is 123 Å². The first-order valence-corrected chi connectivity index (χ1v) is 22.1. The summed E-state index contributed by atoms with van der Waals surface area (Å²) in [5.41, 5.74) is 6.49. The molecule has 3 N–H and O–H groups in total. The van der Waals surface area contributed by atoms with Gasteiger partial charge in [-0.25, -0.2) is 4.68 Å². The standard InChI is InChI=1S/C50H58N6O6/c1-2-40(58)22-11-15-28-46(60)55-35-38-21-10-12-23-41(38)47-48(42-24-13-14-26-44(42)55)56(54-53-47)33-17-16-25-43(45(59)27-9-4-3-5-18-34-57)52-50(62)37-29-31-39(32-30-37)51-49(61)36-19-7-6-8-20-36/h6-8,10,12-14,19-21,23-24,26,29-32,43,57H,2-5,9,11,15-18,22,25,27-28,33-35H2,1H3,(H,51,61)(H,52,62). The number of aryl methyl sites for hydroxylation is 1. The van der Waals surface area contributed by atoms with Crippen LogP contribution in [0.15, 0.2) is 103 Å². The average Bonchev–Trinajstić information content (AvgIpc) is 3.71. The Morgan fingerprint density at radius 2 is 1.34 bits per heavy atom. The number of nitrogens with zero attached hydrogens (tertiary/aromatic N) is 4. The van der Waals surface area contributed by atoms with E-state index in [0.717, 1.165) is 59.4 Å². The minimum Gasteiger partial charge on any atom is -0.396 e. The van der Waals surface area contributed by atoms with E-state index in [4.69, 9.17) is 10.2 Å². The molecule has 3 amide bonds. The molecule has 0 radical (unpaired) electrons. The van der Waals surface area contributed by atoms with E-state index < -0.39 is 6.04 Å². The Balaban J connectivity index is 1.15. The summed E-state index contributed by atoms with van der Waals surface area (Å²) in [6, 6.07) is 30.6. The molecular formula is C50H58N6O6. The molecule has 0 saturated heterocycles. The normalized spacial score (nSPS) is 12.3. The molecule has 2 heterocycles. The third-order valence-electron chi connectivity index (χ3n) is 11.4. The van der Waals surface area contributed by atoms with Crippen molar-refractivity contribution in [3.05, 3.63) is 120 Å². The number of carbonyl (C=O) groups excluding carboxylic acids is 5. The third-order valence-corrected chi connectivity index (χ3v) is 11.4. The number of hydrogen-bond donors (Lipinski definition) is 3. The lowest BCUT2D eigenvalue weighted by atomic mass is 9.95. The van der Waals surface area contributed by atoms with Gasteiger partial charge in [-0.1, -0.05) is 92.1 Å². The van der Waals surface area contributed by atoms with Gasteiger partial charge in [0, 0.05) is 66.8 Å². The van der Waals surface area contributed by atoms with Crippen molar-refractivity contribution in [1.82, 2.24) is 20.3 Å². The van der Waals surface area contributed by atoms with Gasteiger partial charge in [0.05, 0.1) is 24.0 Å². The highest BCUT2D eigenvalue weighted by Gasteiger charge is 2.29. The van der Waals surface area contributed by atoms with Crippen LogP contribution in [0, 0.1) is 0 Å². The number of carbonyl (C=O) groups is 5. The molecule has 1 atom stereocenters. The van der Waals surface area contributed by atoms with Crippen LogP contribution in [0.3, 0.4) is 0 Å². The summed E-state index contributed by atoms with van der Waals surface area (Å²) in [7, 11) is 0. The van der Waals surface area contributed by atoms with Crippen molar-refractivity contribution in [2.75, 3.05) is 16.8 Å². The molecule has 12 nitrogen and oxygen atoms in total. The Hall–Kier alpha value is -6.27. The molecule has 0 aliphatic carbocycles. The monoisotopic (exact) mass is 838 g/mol. The SMILES string of the molecule is CCC(=O)CCCCC(=O)N1Cc2ccccc2-c2nnn(CCCCC(NC(=O)c3ccc(NC(=O)c4ccccc4)cc3)C(=O)CCCCCCCO)c2-c2ccccc21. The number of rotatable bonds is 23. The van der Waals surface area contributed by atoms with Gasteiger partial charge < -0.3 is 20.6 Å². The van der Waals surface area contributed by atoms with Gasteiger partial charge in [0.2, 0.25) is 5.91 Å². The maximum absolute atomic E-state index is 13.9. The number of aliphatic hydroxyl groups excluding tert-OH is 1. The van der Waals surface area contributed by atoms with E-state index in [-0.39, 0.29) is 35.9 Å². The van der Waals surface area contributed by atoms with Crippen molar-refractivity contribution >= 4 is 40.7 Å². The predicted molar refractivity (Wildman–Crippen MR) is 242 cm³/mol. The largest absolute Gasteiger partial charge is 0.396 e. The zero-order valence-electron chi connectivity index (χ0n) is 35.7. The van der Waals surface area contributed by atoms with Crippen molar-refractivity contribution < 1.29 is 29.1 Å². The summed E-state index contributed by atoms with van der Waals surface area (Å²) in [6.07, 6.45) is 8.83. The van der Waals surface area contributed by atoms with E-state index in [1.807, 2.05) is 71.1 Å². The number of hydrogen-bond acceptors (Lipinski definition) is 8. The highest BCUT2D eigenvalue weighted by Crippen LogP contribution is 2.41. The van der Waals surface area contributed by atoms with Gasteiger partial charge in [0.1, 0.15) is 11.5 Å². The number of Topliss-reactive ketones (excluding diaryl/α,β-unsaturated/α-hetero) is 2. The predicted octanol–water partition coefficient (Wildman–Crippen LogP) is 9.12. The number of benzene rings is 4. The summed E-state index contributed by atoms with van der Waals surface area (Å²) >= 11 is 0. The number of aliphatic hydroxyl groups is 1. The van der Waals surface area contributed by atoms with Gasteiger partial charge in [-0.05, 0) is 93.0 Å². The molecule has 62 heavy (non-hydrogen) atoms. The number of para-hydroxylation sites is 1. The molecule has 4 aromatic carbocycles. The summed E-state index contributed by atoms with van der Waals surface area (Å²) in [5, 5.41) is 24.3. The van der Waals surface area contributed by atoms with Crippen LogP contribution >= 0.6 is 0 Å². The van der Waals surface area contributed by atoms with Crippen molar-refractivity contribution in [3.63, 3.8) is 0 Å². The number of fused-ring (bicyclic) bond motifs is 5. The van der Waals surface area contributed by atoms with Crippen molar-refractivity contribution in [3.8, 4) is 22.5 Å². The van der Waals surface area contributed by atoms with E-state index in [2.05, 4.69) is 15.8 Å². The first-order chi connectivity index (χ1) is 30.3. The Kier molecular flexibility index (Phi) is 16.9. The molecule has 0 spiro atoms. The molecule has 1 aromatic heterocycles. The van der Waals surface area contributed by atoms with Crippen molar-refractivity contribution in [1.29, 1.82) is 0 Å². The van der Waals surface area contributed by atoms with Gasteiger partial charge in [-0.3, -0.25) is 24.0 Å². The fourth-order valence-corrected chi connectivity index (χ4v) is 7.88. The lowest BCUT2D eigenvalue weighted by Gasteiger charge is -2.29. The van der Waals surface area contributed by atoms with E-state index >= 15 is 0 Å². The second kappa shape index (κ2) is 23.1. The van der Waals surface area contributed by atoms with Gasteiger partial charge in [-0.2, -0.15) is 0 Å². The first kappa shape index (κ1) is 45.3. The second-order valence-corrected chi connectivity index (χ2v) is 15.9. The van der Waals surface area contributed by atoms with Crippen LogP contribution < -0.4 is 15.5 Å². The fourth-order valence-electron chi connectivity index (χ4n) is 7.88. The zero-order chi connectivity index (χ0) is 43.7. The molecule has 1 aliphatic rings. The van der Waals surface area contributed by atoms with Crippen LogP contribution in [-0.2, 0) is 27.5 Å². The van der Waals surface area contributed by atoms with Crippen LogP contribution in [0.4, 0.5) is 11.4 Å². The van der Waals surface area contributed by atoms with Gasteiger partial charge in [0.25, 0.3) is 11.8 Å². The van der Waals surface area contributed by atoms with Crippen molar-refractivity contribution in [2.45, 2.75) is 116 Å². The molecule has 12 heteroatoms. The molecule has 6 rings (SSSR count). The molecular weight excluding hydrogens is 781 g/mol. The second-order valence-electron chi connectivity index (χ2n) is 15.9. The Labute approximate surface area is 364 Å². The zero-order valence-corrected chi connectivity index (χ0v) is 35.7. The summed E-state index contributed by atoms with van der Waals surface area (Å²) in [5.74, 6) is -0.442. The molecule has 1 unspecified atom stereocenters. The Bertz CT molecular complexity index is 2290. The summed E-state index contributed by atoms with van der Waals surface area (Å²) in [6.45, 7) is 2.90. The van der Waals surface area contributed by atoms with Crippen LogP contribution in [0.2, 0.25) is 0 Å². The van der Waals surface area contributed by atoms with Crippen LogP contribution in [0.5, 0.6) is 0 Å². The minimum absolute atomic E-state index is 0.00707. The highest BCUT2D eigenvalue weighted by molar-refractivity contribution is 6.05. The lowest BCUT2D eigenvalue weighted by Crippen LogP contribution is -2.40. The van der Waals surface area contributed by atoms with Gasteiger partial charge >= 0.3 is 0 Å². The molecule has 1 aliphatic heterocycles. The summed E-state index contributed by atoms with van der Waals surface area (Å²) < 4.78 is 1.88. The van der Waals surface area contributed by atoms with Crippen LogP contribution in [-0.4, -0.2) is 62.0 Å². The van der Waals surface area contributed by atoms with E-state index in [9.17, 15) is 24.0 Å². The number of unbranched alkanes of at least 4 members (excludes halogenated alkanes) is 6. The number of anilines is 2. The Morgan fingerprint density at radius 1 is 0.677 bits per heavy atom. The van der Waals surface area contributed by atoms with Crippen LogP contribution in [0.25, 0.3) is 22.5 Å².